The first kappa shape index (κ1) is 15.6. The molecule has 1 aromatic carbocycles. The van der Waals surface area contributed by atoms with Gasteiger partial charge in [0.05, 0.1) is 6.04 Å². The number of nitrogen functional groups attached to an aromatic ring is 1. The lowest BCUT2D eigenvalue weighted by Crippen LogP contribution is -2.40. The van der Waals surface area contributed by atoms with Crippen LogP contribution in [0, 0.1) is 0 Å². The normalized spacial score (nSPS) is 12.1. The second-order valence-electron chi connectivity index (χ2n) is 4.28. The van der Waals surface area contributed by atoms with Crippen molar-refractivity contribution in [2.75, 3.05) is 12.1 Å². The fraction of sp³-hybridized carbons (Fsp3) is 0.250. The second kappa shape index (κ2) is 6.35. The van der Waals surface area contributed by atoms with Crippen LogP contribution in [-0.4, -0.2) is 26.7 Å². The maximum Gasteiger partial charge on any atom is 0.374 e. The number of amides is 1. The molecular weight excluding hydrogens is 358 g/mol. The zero-order chi connectivity index (χ0) is 15.6. The van der Waals surface area contributed by atoms with Gasteiger partial charge in [-0.15, -0.1) is 9.78 Å². The van der Waals surface area contributed by atoms with Gasteiger partial charge in [-0.1, -0.05) is 39.8 Å². The van der Waals surface area contributed by atoms with Crippen molar-refractivity contribution < 1.29 is 4.79 Å². The van der Waals surface area contributed by atoms with E-state index in [1.54, 1.807) is 6.26 Å². The molecule has 2 rings (SSSR count). The van der Waals surface area contributed by atoms with E-state index in [0.29, 0.717) is 0 Å². The van der Waals surface area contributed by atoms with Crippen LogP contribution in [0.3, 0.4) is 0 Å². The van der Waals surface area contributed by atoms with Crippen LogP contribution >= 0.6 is 27.7 Å². The molecule has 2 aromatic rings. The Morgan fingerprint density at radius 2 is 2.24 bits per heavy atom. The Morgan fingerprint density at radius 1 is 1.52 bits per heavy atom. The van der Waals surface area contributed by atoms with Gasteiger partial charge in [-0.3, -0.25) is 0 Å². The number of rotatable bonds is 3. The minimum absolute atomic E-state index is 0.269. The highest BCUT2D eigenvalue weighted by molar-refractivity contribution is 9.10. The zero-order valence-electron chi connectivity index (χ0n) is 11.4. The molecule has 0 radical (unpaired) electrons. The van der Waals surface area contributed by atoms with Gasteiger partial charge in [-0.05, 0) is 30.9 Å². The average Bonchev–Trinajstić information content (AvgIpc) is 2.75. The van der Waals surface area contributed by atoms with E-state index in [9.17, 15) is 9.59 Å². The van der Waals surface area contributed by atoms with E-state index in [0.717, 1.165) is 19.4 Å². The number of thioether (sulfide) groups is 1. The monoisotopic (exact) mass is 371 g/mol. The molecule has 1 heterocycles. The van der Waals surface area contributed by atoms with Crippen molar-refractivity contribution in [1.82, 2.24) is 19.8 Å². The van der Waals surface area contributed by atoms with Gasteiger partial charge in [0.25, 0.3) is 0 Å². The summed E-state index contributed by atoms with van der Waals surface area (Å²) in [4.78, 5) is 23.9. The standard InChI is InChI=1S/C12H14BrN5O2S/c1-7(8-4-3-5-9(13)6-8)15-10(19)18-12(20)17(14)11(16-18)21-2/h3-7H,14H2,1-2H3,(H,15,19). The fourth-order valence-corrected chi connectivity index (χ4v) is 2.59. The number of nitrogens with two attached hydrogens (primary N) is 1. The minimum Gasteiger partial charge on any atom is -0.333 e. The van der Waals surface area contributed by atoms with Crippen molar-refractivity contribution >= 4 is 33.7 Å². The van der Waals surface area contributed by atoms with Gasteiger partial charge in [0.15, 0.2) is 0 Å². The van der Waals surface area contributed by atoms with Gasteiger partial charge < -0.3 is 11.2 Å². The molecule has 0 aliphatic heterocycles. The van der Waals surface area contributed by atoms with Gasteiger partial charge >= 0.3 is 11.7 Å². The van der Waals surface area contributed by atoms with Crippen LogP contribution in [0.1, 0.15) is 18.5 Å². The largest absolute Gasteiger partial charge is 0.374 e. The third-order valence-electron chi connectivity index (χ3n) is 2.84. The van der Waals surface area contributed by atoms with E-state index in [2.05, 4.69) is 26.3 Å². The van der Waals surface area contributed by atoms with Crippen LogP contribution in [0.5, 0.6) is 0 Å². The van der Waals surface area contributed by atoms with E-state index >= 15 is 0 Å². The second-order valence-corrected chi connectivity index (χ2v) is 5.97. The number of aromatic nitrogens is 3. The molecule has 0 spiro atoms. The first-order valence-electron chi connectivity index (χ1n) is 6.01. The molecule has 1 aromatic heterocycles. The lowest BCUT2D eigenvalue weighted by molar-refractivity contribution is 0.235. The number of hydrogen-bond acceptors (Lipinski definition) is 5. The Hall–Kier alpha value is -1.74. The molecule has 9 heteroatoms. The molecule has 0 bridgehead atoms. The van der Waals surface area contributed by atoms with Gasteiger partial charge in [0.2, 0.25) is 5.16 Å². The van der Waals surface area contributed by atoms with Gasteiger partial charge in [-0.2, -0.15) is 4.68 Å². The van der Waals surface area contributed by atoms with E-state index < -0.39 is 11.7 Å². The summed E-state index contributed by atoms with van der Waals surface area (Å²) < 4.78 is 2.48. The molecule has 0 saturated heterocycles. The topological polar surface area (TPSA) is 94.9 Å². The van der Waals surface area contributed by atoms with Crippen molar-refractivity contribution in [1.29, 1.82) is 0 Å². The molecule has 0 saturated carbocycles. The van der Waals surface area contributed by atoms with Crippen LogP contribution in [-0.2, 0) is 0 Å². The molecule has 0 fully saturated rings. The molecule has 1 amide bonds. The van der Waals surface area contributed by atoms with Crippen LogP contribution in [0.25, 0.3) is 0 Å². The smallest absolute Gasteiger partial charge is 0.333 e. The van der Waals surface area contributed by atoms with Gasteiger partial charge in [0, 0.05) is 4.47 Å². The summed E-state index contributed by atoms with van der Waals surface area (Å²) in [5.74, 6) is 5.53. The number of nitrogens with one attached hydrogen (secondary N) is 1. The molecule has 21 heavy (non-hydrogen) atoms. The third-order valence-corrected chi connectivity index (χ3v) is 3.98. The van der Waals surface area contributed by atoms with Crippen molar-refractivity contribution in [3.05, 3.63) is 44.8 Å². The average molecular weight is 372 g/mol. The summed E-state index contributed by atoms with van der Waals surface area (Å²) in [6.45, 7) is 1.82. The summed E-state index contributed by atoms with van der Waals surface area (Å²) in [6.07, 6.45) is 1.72. The third kappa shape index (κ3) is 3.30. The lowest BCUT2D eigenvalue weighted by Gasteiger charge is -2.13. The molecule has 0 aliphatic rings. The van der Waals surface area contributed by atoms with E-state index in [4.69, 9.17) is 5.84 Å². The van der Waals surface area contributed by atoms with Crippen LogP contribution in [0.15, 0.2) is 38.7 Å². The Kier molecular flexibility index (Phi) is 4.73. The fourth-order valence-electron chi connectivity index (χ4n) is 1.74. The number of halogens is 1. The summed E-state index contributed by atoms with van der Waals surface area (Å²) in [7, 11) is 0. The van der Waals surface area contributed by atoms with Crippen LogP contribution in [0.2, 0.25) is 0 Å². The Morgan fingerprint density at radius 3 is 2.81 bits per heavy atom. The zero-order valence-corrected chi connectivity index (χ0v) is 13.8. The molecule has 112 valence electrons. The molecule has 0 aliphatic carbocycles. The van der Waals surface area contributed by atoms with E-state index in [1.807, 2.05) is 31.2 Å². The number of carbonyl (C=O) groups excluding carboxylic acids is 1. The quantitative estimate of drug-likeness (QED) is 0.630. The van der Waals surface area contributed by atoms with Gasteiger partial charge in [0.1, 0.15) is 0 Å². The van der Waals surface area contributed by atoms with E-state index in [-0.39, 0.29) is 11.2 Å². The Labute approximate surface area is 133 Å². The number of hydrogen-bond donors (Lipinski definition) is 2. The van der Waals surface area contributed by atoms with Gasteiger partial charge in [-0.25, -0.2) is 9.59 Å². The minimum atomic E-state index is -0.682. The lowest BCUT2D eigenvalue weighted by atomic mass is 10.1. The predicted molar refractivity (Wildman–Crippen MR) is 84.9 cm³/mol. The summed E-state index contributed by atoms with van der Waals surface area (Å²) in [5, 5.41) is 6.85. The van der Waals surface area contributed by atoms with Crippen molar-refractivity contribution in [2.24, 2.45) is 0 Å². The molecule has 3 N–H and O–H groups in total. The summed E-state index contributed by atoms with van der Waals surface area (Å²) >= 11 is 4.56. The Bertz CT molecular complexity index is 727. The highest BCUT2D eigenvalue weighted by Gasteiger charge is 2.18. The SMILES string of the molecule is CSc1nn(C(=O)NC(C)c2cccc(Br)c2)c(=O)n1N. The highest BCUT2D eigenvalue weighted by Crippen LogP contribution is 2.17. The van der Waals surface area contributed by atoms with Crippen molar-refractivity contribution in [2.45, 2.75) is 18.1 Å². The van der Waals surface area contributed by atoms with Crippen molar-refractivity contribution in [3.8, 4) is 0 Å². The maximum atomic E-state index is 12.1. The molecule has 1 atom stereocenters. The summed E-state index contributed by atoms with van der Waals surface area (Å²) in [6, 6.07) is 6.64. The molecule has 1 unspecified atom stereocenters. The Balaban J connectivity index is 2.20. The van der Waals surface area contributed by atoms with E-state index in [1.165, 1.54) is 11.8 Å². The predicted octanol–water partition coefficient (Wildman–Crippen LogP) is 1.56. The summed E-state index contributed by atoms with van der Waals surface area (Å²) in [5.41, 5.74) is 0.223. The molecular formula is C12H14BrN5O2S. The van der Waals surface area contributed by atoms with Crippen LogP contribution in [0.4, 0.5) is 4.79 Å². The van der Waals surface area contributed by atoms with Crippen molar-refractivity contribution in [3.63, 3.8) is 0 Å². The number of carbonyl (C=O) groups is 1. The first-order chi connectivity index (χ1) is 9.93. The molecule has 7 nitrogen and oxygen atoms in total. The van der Waals surface area contributed by atoms with Crippen LogP contribution < -0.4 is 16.8 Å². The maximum absolute atomic E-state index is 12.1. The highest BCUT2D eigenvalue weighted by atomic mass is 79.9. The number of nitrogens with zero attached hydrogens (tertiary/aromatic N) is 3. The number of benzene rings is 1. The first-order valence-corrected chi connectivity index (χ1v) is 8.03.